The minimum Gasteiger partial charge on any atom is -0.394 e. The molecule has 1 atom stereocenters. The van der Waals surface area contributed by atoms with E-state index in [0.29, 0.717) is 13.0 Å². The van der Waals surface area contributed by atoms with Crippen molar-refractivity contribution in [2.75, 3.05) is 27.0 Å². The van der Waals surface area contributed by atoms with E-state index in [0.717, 1.165) is 5.57 Å². The fourth-order valence-electron chi connectivity index (χ4n) is 1.70. The molecule has 16 heavy (non-hydrogen) atoms. The maximum Gasteiger partial charge on any atom is 0.280 e. The Hall–Kier alpha value is -1.01. The van der Waals surface area contributed by atoms with E-state index in [9.17, 15) is 4.79 Å². The minimum absolute atomic E-state index is 0.0211. The number of ether oxygens (including phenoxy) is 1. The Balaban J connectivity index is 2.98. The van der Waals surface area contributed by atoms with Crippen molar-refractivity contribution in [2.24, 2.45) is 10.7 Å². The minimum atomic E-state index is -0.157. The van der Waals surface area contributed by atoms with E-state index in [1.165, 1.54) is 11.9 Å². The van der Waals surface area contributed by atoms with Crippen LogP contribution in [-0.4, -0.2) is 49.5 Å². The van der Waals surface area contributed by atoms with Crippen molar-refractivity contribution in [3.63, 3.8) is 0 Å². The van der Waals surface area contributed by atoms with E-state index in [1.807, 2.05) is 6.26 Å². The van der Waals surface area contributed by atoms with Crippen molar-refractivity contribution in [1.29, 1.82) is 0 Å². The quantitative estimate of drug-likeness (QED) is 0.574. The lowest BCUT2D eigenvalue weighted by atomic mass is 10.0. The van der Waals surface area contributed by atoms with Crippen molar-refractivity contribution >= 4 is 24.1 Å². The molecular weight excluding hydrogens is 226 g/mol. The van der Waals surface area contributed by atoms with Crippen LogP contribution in [0.4, 0.5) is 0 Å². The van der Waals surface area contributed by atoms with Gasteiger partial charge < -0.3 is 10.5 Å². The van der Waals surface area contributed by atoms with Crippen molar-refractivity contribution in [1.82, 2.24) is 4.31 Å². The number of methoxy groups -OCH3 is 1. The Morgan fingerprint density at radius 3 is 2.94 bits per heavy atom. The van der Waals surface area contributed by atoms with Gasteiger partial charge in [-0.2, -0.15) is 0 Å². The van der Waals surface area contributed by atoms with E-state index in [-0.39, 0.29) is 17.6 Å². The summed E-state index contributed by atoms with van der Waals surface area (Å²) in [6.45, 7) is 0.501. The van der Waals surface area contributed by atoms with E-state index in [2.05, 4.69) is 4.99 Å². The van der Waals surface area contributed by atoms with Gasteiger partial charge in [0.2, 0.25) is 0 Å². The van der Waals surface area contributed by atoms with E-state index >= 15 is 0 Å². The zero-order chi connectivity index (χ0) is 12.1. The lowest BCUT2D eigenvalue weighted by Gasteiger charge is -2.33. The molecule has 0 aromatic rings. The van der Waals surface area contributed by atoms with Crippen molar-refractivity contribution in [3.8, 4) is 0 Å². The first-order chi connectivity index (χ1) is 7.65. The van der Waals surface area contributed by atoms with Gasteiger partial charge >= 0.3 is 0 Å². The summed E-state index contributed by atoms with van der Waals surface area (Å²) in [6, 6.07) is 0.0211. The molecule has 0 saturated heterocycles. The highest BCUT2D eigenvalue weighted by atomic mass is 32.2. The van der Waals surface area contributed by atoms with Gasteiger partial charge in [-0.05, 0) is 6.42 Å². The number of nitrogens with two attached hydrogens (primary N) is 1. The summed E-state index contributed by atoms with van der Waals surface area (Å²) in [5.41, 5.74) is 6.85. The highest BCUT2D eigenvalue weighted by Gasteiger charge is 2.32. The largest absolute Gasteiger partial charge is 0.394 e. The molecule has 0 bridgehead atoms. The van der Waals surface area contributed by atoms with Gasteiger partial charge in [-0.3, -0.25) is 14.1 Å². The number of amides is 1. The van der Waals surface area contributed by atoms with Crippen LogP contribution in [0.1, 0.15) is 6.42 Å². The molecule has 90 valence electrons. The molecule has 1 aliphatic rings. The van der Waals surface area contributed by atoms with Crippen LogP contribution in [0.3, 0.4) is 0 Å². The number of aliphatic imine (C=N–C) groups is 1. The molecular formula is C10H17N3O2S. The number of carbonyl (C=O) groups excluding carboxylic acids is 1. The zero-order valence-electron chi connectivity index (χ0n) is 9.77. The van der Waals surface area contributed by atoms with E-state index < -0.39 is 0 Å². The van der Waals surface area contributed by atoms with Gasteiger partial charge in [0, 0.05) is 32.2 Å². The molecule has 1 amide bonds. The maximum atomic E-state index is 11.9. The van der Waals surface area contributed by atoms with Gasteiger partial charge in [-0.25, -0.2) is 0 Å². The molecule has 1 heterocycles. The van der Waals surface area contributed by atoms with Crippen LogP contribution >= 0.6 is 11.9 Å². The Morgan fingerprint density at radius 2 is 2.44 bits per heavy atom. The Labute approximate surface area is 99.9 Å². The predicted molar refractivity (Wildman–Crippen MR) is 66.3 cm³/mol. The molecule has 1 aliphatic heterocycles. The molecule has 0 aromatic carbocycles. The monoisotopic (exact) mass is 243 g/mol. The summed E-state index contributed by atoms with van der Waals surface area (Å²) in [5, 5.41) is 0. The highest BCUT2D eigenvalue weighted by Crippen LogP contribution is 2.26. The summed E-state index contributed by atoms with van der Waals surface area (Å²) in [4.78, 5) is 15.8. The predicted octanol–water partition coefficient (Wildman–Crippen LogP) is 0.425. The molecule has 0 aliphatic carbocycles. The van der Waals surface area contributed by atoms with Crippen LogP contribution in [0.15, 0.2) is 16.3 Å². The standard InChI is InChI=1S/C10H17N3O2S/c1-12-5-7-4-8(6-15-2)13(16-3)10(14)9(7)11/h5,8H,4,6,11H2,1-3H3. The molecule has 1 unspecified atom stereocenters. The number of hydrogen-bond acceptors (Lipinski definition) is 5. The third-order valence-electron chi connectivity index (χ3n) is 2.40. The van der Waals surface area contributed by atoms with Crippen molar-refractivity contribution in [2.45, 2.75) is 12.5 Å². The number of hydrogen-bond donors (Lipinski definition) is 1. The fourth-order valence-corrected chi connectivity index (χ4v) is 2.40. The van der Waals surface area contributed by atoms with Gasteiger partial charge in [0.15, 0.2) is 0 Å². The second-order valence-electron chi connectivity index (χ2n) is 3.45. The van der Waals surface area contributed by atoms with Crippen LogP contribution in [-0.2, 0) is 9.53 Å². The average molecular weight is 243 g/mol. The first-order valence-electron chi connectivity index (χ1n) is 4.93. The molecule has 1 rings (SSSR count). The third kappa shape index (κ3) is 2.56. The van der Waals surface area contributed by atoms with Gasteiger partial charge in [-0.1, -0.05) is 11.9 Å². The average Bonchev–Trinajstić information content (AvgIpc) is 2.27. The first-order valence-corrected chi connectivity index (χ1v) is 6.11. The molecule has 0 saturated carbocycles. The van der Waals surface area contributed by atoms with Crippen LogP contribution in [0, 0.1) is 0 Å². The fraction of sp³-hybridized carbons (Fsp3) is 0.600. The number of nitrogens with zero attached hydrogens (tertiary/aromatic N) is 2. The maximum absolute atomic E-state index is 11.9. The van der Waals surface area contributed by atoms with Gasteiger partial charge in [-0.15, -0.1) is 0 Å². The van der Waals surface area contributed by atoms with Crippen LogP contribution in [0.25, 0.3) is 0 Å². The highest BCUT2D eigenvalue weighted by molar-refractivity contribution is 7.96. The zero-order valence-corrected chi connectivity index (χ0v) is 10.6. The lowest BCUT2D eigenvalue weighted by molar-refractivity contribution is -0.125. The second kappa shape index (κ2) is 5.91. The molecule has 0 spiro atoms. The van der Waals surface area contributed by atoms with Crippen LogP contribution in [0.5, 0.6) is 0 Å². The summed E-state index contributed by atoms with van der Waals surface area (Å²) in [5.74, 6) is -0.157. The van der Waals surface area contributed by atoms with Crippen molar-refractivity contribution < 1.29 is 9.53 Å². The van der Waals surface area contributed by atoms with Gasteiger partial charge in [0.25, 0.3) is 5.91 Å². The Bertz CT molecular complexity index is 328. The topological polar surface area (TPSA) is 67.9 Å². The molecule has 6 heteroatoms. The molecule has 0 fully saturated rings. The second-order valence-corrected chi connectivity index (χ2v) is 4.21. The number of carbonyl (C=O) groups is 1. The lowest BCUT2D eigenvalue weighted by Crippen LogP contribution is -2.44. The molecule has 0 radical (unpaired) electrons. The molecule has 0 aromatic heterocycles. The summed E-state index contributed by atoms with van der Waals surface area (Å²) in [6.07, 6.45) is 4.18. The SMILES string of the molecule is CN=CC1=C(N)C(=O)N(SC)C(COC)C1. The van der Waals surface area contributed by atoms with Gasteiger partial charge in [0.1, 0.15) is 5.70 Å². The van der Waals surface area contributed by atoms with Crippen LogP contribution < -0.4 is 5.73 Å². The van der Waals surface area contributed by atoms with E-state index in [4.69, 9.17) is 10.5 Å². The van der Waals surface area contributed by atoms with Gasteiger partial charge in [0.05, 0.1) is 12.6 Å². The molecule has 5 nitrogen and oxygen atoms in total. The van der Waals surface area contributed by atoms with Crippen LogP contribution in [0.2, 0.25) is 0 Å². The first kappa shape index (κ1) is 13.1. The third-order valence-corrected chi connectivity index (χ3v) is 3.26. The number of rotatable bonds is 4. The normalized spacial score (nSPS) is 22.3. The molecule has 2 N–H and O–H groups in total. The smallest absolute Gasteiger partial charge is 0.280 e. The van der Waals surface area contributed by atoms with Crippen molar-refractivity contribution in [3.05, 3.63) is 11.3 Å². The summed E-state index contributed by atoms with van der Waals surface area (Å²) < 4.78 is 6.77. The Kier molecular flexibility index (Phi) is 4.82. The Morgan fingerprint density at radius 1 is 1.75 bits per heavy atom. The summed E-state index contributed by atoms with van der Waals surface area (Å²) in [7, 11) is 3.29. The summed E-state index contributed by atoms with van der Waals surface area (Å²) >= 11 is 1.37. The van der Waals surface area contributed by atoms with E-state index in [1.54, 1.807) is 24.7 Å².